The Hall–Kier alpha value is -1.62. The van der Waals surface area contributed by atoms with E-state index < -0.39 is 27.1 Å². The minimum absolute atomic E-state index is 0.0329. The van der Waals surface area contributed by atoms with Crippen LogP contribution < -0.4 is 0 Å². The minimum atomic E-state index is -4.03. The molecule has 3 saturated heterocycles. The van der Waals surface area contributed by atoms with Gasteiger partial charge in [-0.1, -0.05) is 0 Å². The monoisotopic (exact) mass is 430 g/mol. The number of likely N-dealkylation sites (tertiary alicyclic amines) is 1. The Labute approximate surface area is 168 Å². The first-order chi connectivity index (χ1) is 13.8. The van der Waals surface area contributed by atoms with E-state index in [1.54, 1.807) is 4.90 Å². The van der Waals surface area contributed by atoms with Gasteiger partial charge >= 0.3 is 0 Å². The predicted molar refractivity (Wildman–Crippen MR) is 98.2 cm³/mol. The number of hydrogen-bond donors (Lipinski definition) is 1. The molecule has 1 amide bonds. The van der Waals surface area contributed by atoms with Crippen LogP contribution in [0.2, 0.25) is 0 Å². The van der Waals surface area contributed by atoms with Gasteiger partial charge in [0, 0.05) is 56.6 Å². The van der Waals surface area contributed by atoms with Crippen molar-refractivity contribution in [3.8, 4) is 0 Å². The van der Waals surface area contributed by atoms with E-state index in [0.29, 0.717) is 38.7 Å². The molecule has 2 unspecified atom stereocenters. The lowest BCUT2D eigenvalue weighted by atomic mass is 9.82. The molecule has 4 rings (SSSR count). The molecule has 29 heavy (non-hydrogen) atoms. The van der Waals surface area contributed by atoms with Crippen LogP contribution in [0.3, 0.4) is 0 Å². The van der Waals surface area contributed by atoms with Gasteiger partial charge in [0.15, 0.2) is 11.6 Å². The van der Waals surface area contributed by atoms with Gasteiger partial charge in [-0.05, 0) is 31.0 Å². The highest BCUT2D eigenvalue weighted by Gasteiger charge is 2.56. The van der Waals surface area contributed by atoms with Crippen molar-refractivity contribution < 1.29 is 31.8 Å². The van der Waals surface area contributed by atoms with Crippen LogP contribution in [0, 0.1) is 28.9 Å². The number of hydrogen-bond acceptors (Lipinski definition) is 5. The SMILES string of the molecule is O=C(C1CCOCC1)N1CC2CN(S(=O)(=O)c3ccc(F)c(F)c3)CC2(CO)C1. The van der Waals surface area contributed by atoms with Gasteiger partial charge < -0.3 is 14.7 Å². The minimum Gasteiger partial charge on any atom is -0.396 e. The summed E-state index contributed by atoms with van der Waals surface area (Å²) in [4.78, 5) is 14.3. The lowest BCUT2D eigenvalue weighted by molar-refractivity contribution is -0.138. The summed E-state index contributed by atoms with van der Waals surface area (Å²) in [5, 5.41) is 10.1. The second-order valence-electron chi connectivity index (χ2n) is 8.20. The van der Waals surface area contributed by atoms with Crippen molar-refractivity contribution in [1.29, 1.82) is 0 Å². The van der Waals surface area contributed by atoms with Crippen LogP contribution in [-0.2, 0) is 19.6 Å². The van der Waals surface area contributed by atoms with Crippen LogP contribution in [0.5, 0.6) is 0 Å². The number of carbonyl (C=O) groups excluding carboxylic acids is 1. The molecule has 0 spiro atoms. The van der Waals surface area contributed by atoms with Gasteiger partial charge in [-0.15, -0.1) is 0 Å². The second kappa shape index (κ2) is 7.57. The summed E-state index contributed by atoms with van der Waals surface area (Å²) >= 11 is 0. The molecule has 3 heterocycles. The van der Waals surface area contributed by atoms with Gasteiger partial charge in [0.1, 0.15) is 0 Å². The van der Waals surface area contributed by atoms with Crippen LogP contribution in [0.1, 0.15) is 12.8 Å². The zero-order valence-corrected chi connectivity index (χ0v) is 16.7. The Kier molecular flexibility index (Phi) is 5.39. The maximum atomic E-state index is 13.5. The van der Waals surface area contributed by atoms with Crippen molar-refractivity contribution in [1.82, 2.24) is 9.21 Å². The number of nitrogens with zero attached hydrogens (tertiary/aromatic N) is 2. The summed E-state index contributed by atoms with van der Waals surface area (Å²) in [7, 11) is -4.03. The third-order valence-electron chi connectivity index (χ3n) is 6.45. The van der Waals surface area contributed by atoms with Gasteiger partial charge in [0.25, 0.3) is 0 Å². The number of ether oxygens (including phenoxy) is 1. The fourth-order valence-electron chi connectivity index (χ4n) is 4.69. The summed E-state index contributed by atoms with van der Waals surface area (Å²) in [6.07, 6.45) is 1.34. The Morgan fingerprint density at radius 1 is 1.17 bits per heavy atom. The van der Waals surface area contributed by atoms with Crippen LogP contribution in [0.15, 0.2) is 23.1 Å². The van der Waals surface area contributed by atoms with Gasteiger partial charge in [0.2, 0.25) is 15.9 Å². The second-order valence-corrected chi connectivity index (χ2v) is 10.1. The molecule has 0 aliphatic carbocycles. The summed E-state index contributed by atoms with van der Waals surface area (Å²) < 4.78 is 59.0. The fourth-order valence-corrected chi connectivity index (χ4v) is 6.29. The van der Waals surface area contributed by atoms with E-state index in [4.69, 9.17) is 4.74 Å². The Morgan fingerprint density at radius 2 is 1.90 bits per heavy atom. The first kappa shape index (κ1) is 20.6. The average Bonchev–Trinajstić information content (AvgIpc) is 3.25. The quantitative estimate of drug-likeness (QED) is 0.765. The molecule has 7 nitrogen and oxygen atoms in total. The largest absolute Gasteiger partial charge is 0.396 e. The Bertz CT molecular complexity index is 906. The predicted octanol–water partition coefficient (Wildman–Crippen LogP) is 0.833. The van der Waals surface area contributed by atoms with Crippen molar-refractivity contribution >= 4 is 15.9 Å². The molecule has 3 aliphatic heterocycles. The highest BCUT2D eigenvalue weighted by Crippen LogP contribution is 2.44. The van der Waals surface area contributed by atoms with Gasteiger partial charge in [-0.3, -0.25) is 4.79 Å². The van der Waals surface area contributed by atoms with Gasteiger partial charge in [-0.2, -0.15) is 4.31 Å². The van der Waals surface area contributed by atoms with Crippen molar-refractivity contribution in [2.24, 2.45) is 17.3 Å². The molecule has 160 valence electrons. The van der Waals surface area contributed by atoms with Crippen molar-refractivity contribution in [2.45, 2.75) is 17.7 Å². The van der Waals surface area contributed by atoms with Crippen molar-refractivity contribution in [3.63, 3.8) is 0 Å². The van der Waals surface area contributed by atoms with Crippen molar-refractivity contribution in [3.05, 3.63) is 29.8 Å². The number of aliphatic hydroxyl groups is 1. The first-order valence-corrected chi connectivity index (χ1v) is 11.1. The highest BCUT2D eigenvalue weighted by atomic mass is 32.2. The molecule has 3 fully saturated rings. The summed E-state index contributed by atoms with van der Waals surface area (Å²) in [6, 6.07) is 2.50. The standard InChI is InChI=1S/C19H24F2N2O5S/c20-16-2-1-15(7-17(16)21)29(26,27)23-9-14-8-22(10-19(14,11-23)12-24)18(25)13-3-5-28-6-4-13/h1-2,7,13-14,24H,3-6,8-12H2. The molecule has 0 saturated carbocycles. The van der Waals surface area contributed by atoms with E-state index in [9.17, 15) is 27.1 Å². The smallest absolute Gasteiger partial charge is 0.243 e. The van der Waals surface area contributed by atoms with Gasteiger partial charge in [0.05, 0.1) is 11.5 Å². The number of benzene rings is 1. The maximum Gasteiger partial charge on any atom is 0.243 e. The number of rotatable bonds is 4. The van der Waals surface area contributed by atoms with E-state index in [1.165, 1.54) is 4.31 Å². The molecule has 0 bridgehead atoms. The molecule has 0 radical (unpaired) electrons. The van der Waals surface area contributed by atoms with Gasteiger partial charge in [-0.25, -0.2) is 17.2 Å². The average molecular weight is 430 g/mol. The number of sulfonamides is 1. The molecule has 10 heteroatoms. The van der Waals surface area contributed by atoms with Crippen LogP contribution in [0.25, 0.3) is 0 Å². The topological polar surface area (TPSA) is 87.2 Å². The molecular weight excluding hydrogens is 406 g/mol. The molecular formula is C19H24F2N2O5S. The number of aliphatic hydroxyl groups excluding tert-OH is 1. The third kappa shape index (κ3) is 3.56. The molecule has 1 aromatic rings. The maximum absolute atomic E-state index is 13.5. The lowest BCUT2D eigenvalue weighted by Gasteiger charge is -2.30. The van der Waals surface area contributed by atoms with Crippen molar-refractivity contribution in [2.75, 3.05) is 46.0 Å². The van der Waals surface area contributed by atoms with Crippen LogP contribution >= 0.6 is 0 Å². The van der Waals surface area contributed by atoms with E-state index in [2.05, 4.69) is 0 Å². The Morgan fingerprint density at radius 3 is 2.52 bits per heavy atom. The third-order valence-corrected chi connectivity index (χ3v) is 8.26. The number of fused-ring (bicyclic) bond motifs is 1. The zero-order valence-electron chi connectivity index (χ0n) is 15.9. The van der Waals surface area contributed by atoms with E-state index in [-0.39, 0.29) is 48.9 Å². The normalized spacial score (nSPS) is 28.7. The fraction of sp³-hybridized carbons (Fsp3) is 0.632. The number of carbonyl (C=O) groups is 1. The molecule has 2 atom stereocenters. The van der Waals surface area contributed by atoms with E-state index in [1.807, 2.05) is 0 Å². The molecule has 0 aromatic heterocycles. The van der Waals surface area contributed by atoms with Crippen LogP contribution in [-0.4, -0.2) is 74.6 Å². The highest BCUT2D eigenvalue weighted by molar-refractivity contribution is 7.89. The molecule has 1 aromatic carbocycles. The Balaban J connectivity index is 1.51. The first-order valence-electron chi connectivity index (χ1n) is 9.69. The lowest BCUT2D eigenvalue weighted by Crippen LogP contribution is -2.42. The van der Waals surface area contributed by atoms with Crippen LogP contribution in [0.4, 0.5) is 8.78 Å². The molecule has 3 aliphatic rings. The summed E-state index contributed by atoms with van der Waals surface area (Å²) in [5.74, 6) is -2.62. The van der Waals surface area contributed by atoms with E-state index in [0.717, 1.165) is 12.1 Å². The molecule has 1 N–H and O–H groups in total. The summed E-state index contributed by atoms with van der Waals surface area (Å²) in [5.41, 5.74) is -0.744. The van der Waals surface area contributed by atoms with E-state index >= 15 is 0 Å². The summed E-state index contributed by atoms with van der Waals surface area (Å²) in [6.45, 7) is 1.68. The number of halogens is 2. The zero-order chi connectivity index (χ0) is 20.8. The number of amides is 1.